The van der Waals surface area contributed by atoms with Crippen LogP contribution in [0.2, 0.25) is 0 Å². The number of carbonyl (C=O) groups excluding carboxylic acids is 2. The second kappa shape index (κ2) is 4.26. The highest BCUT2D eigenvalue weighted by atomic mass is 16.5. The summed E-state index contributed by atoms with van der Waals surface area (Å²) in [5.74, 6) is -0.546. The smallest absolute Gasteiger partial charge is 0.311 e. The Hall–Kier alpha value is -1.97. The molecule has 1 aromatic carbocycles. The minimum Gasteiger partial charge on any atom is -0.469 e. The molecule has 0 aromatic heterocycles. The Kier molecular flexibility index (Phi) is 2.81. The summed E-state index contributed by atoms with van der Waals surface area (Å²) in [6, 6.07) is 7.42. The molecule has 0 fully saturated rings. The summed E-state index contributed by atoms with van der Waals surface area (Å²) in [4.78, 5) is 26.9. The molecule has 0 atom stereocenters. The zero-order valence-electron chi connectivity index (χ0n) is 8.90. The van der Waals surface area contributed by atoms with Crippen LogP contribution in [0.25, 0.3) is 0 Å². The molecule has 0 saturated heterocycles. The van der Waals surface area contributed by atoms with Gasteiger partial charge in [0, 0.05) is 6.42 Å². The van der Waals surface area contributed by atoms with Gasteiger partial charge in [-0.05, 0) is 11.6 Å². The zero-order valence-corrected chi connectivity index (χ0v) is 8.90. The number of rotatable bonds is 2. The van der Waals surface area contributed by atoms with Crippen LogP contribution < -0.4 is 0 Å². The molecule has 0 amide bonds. The third kappa shape index (κ3) is 2.00. The average molecular weight is 217 g/mol. The van der Waals surface area contributed by atoms with E-state index < -0.39 is 5.97 Å². The quantitative estimate of drug-likeness (QED) is 0.704. The first-order valence-electron chi connectivity index (χ1n) is 4.96. The van der Waals surface area contributed by atoms with Gasteiger partial charge < -0.3 is 4.74 Å². The van der Waals surface area contributed by atoms with Crippen molar-refractivity contribution < 1.29 is 14.3 Å². The van der Waals surface area contributed by atoms with Crippen molar-refractivity contribution in [2.45, 2.75) is 12.8 Å². The van der Waals surface area contributed by atoms with E-state index in [1.165, 1.54) is 7.11 Å². The summed E-state index contributed by atoms with van der Waals surface area (Å²) in [5.41, 5.74) is 1.95. The molecule has 2 rings (SSSR count). The number of esters is 1. The number of Topliss-reactive ketones (excluding diaryl/α,β-unsaturated/α-hetero) is 1. The molecule has 1 aromatic rings. The lowest BCUT2D eigenvalue weighted by molar-refractivity contribution is -0.139. The zero-order chi connectivity index (χ0) is 11.5. The molecule has 0 N–H and O–H groups in total. The van der Waals surface area contributed by atoms with Gasteiger partial charge in [-0.2, -0.15) is 0 Å². The van der Waals surface area contributed by atoms with E-state index in [9.17, 15) is 9.59 Å². The van der Waals surface area contributed by atoms with E-state index in [1.807, 2.05) is 24.3 Å². The fraction of sp³-hybridized carbons (Fsp3) is 0.250. The number of nitrogens with zero attached hydrogens (tertiary/aromatic N) is 1. The number of ether oxygens (including phenoxy) is 1. The Morgan fingerprint density at radius 2 is 2.19 bits per heavy atom. The van der Waals surface area contributed by atoms with Crippen molar-refractivity contribution in [3.05, 3.63) is 29.8 Å². The van der Waals surface area contributed by atoms with E-state index in [-0.39, 0.29) is 17.9 Å². The van der Waals surface area contributed by atoms with Gasteiger partial charge in [-0.1, -0.05) is 18.2 Å². The van der Waals surface area contributed by atoms with Crippen LogP contribution in [0.3, 0.4) is 0 Å². The van der Waals surface area contributed by atoms with Gasteiger partial charge in [-0.15, -0.1) is 0 Å². The van der Waals surface area contributed by atoms with Gasteiger partial charge >= 0.3 is 5.97 Å². The Bertz CT molecular complexity index is 477. The van der Waals surface area contributed by atoms with Gasteiger partial charge in [0.15, 0.2) is 5.78 Å². The molecule has 1 heterocycles. The number of carbonyl (C=O) groups is 2. The van der Waals surface area contributed by atoms with E-state index in [4.69, 9.17) is 0 Å². The van der Waals surface area contributed by atoms with Crippen molar-refractivity contribution in [2.75, 3.05) is 7.11 Å². The predicted molar refractivity (Wildman–Crippen MR) is 58.9 cm³/mol. The number of hydrogen-bond donors (Lipinski definition) is 0. The topological polar surface area (TPSA) is 55.7 Å². The molecule has 0 bridgehead atoms. The summed E-state index contributed by atoms with van der Waals surface area (Å²) >= 11 is 0. The van der Waals surface area contributed by atoms with E-state index >= 15 is 0 Å². The maximum atomic E-state index is 11.7. The second-order valence-electron chi connectivity index (χ2n) is 3.54. The third-order valence-corrected chi connectivity index (χ3v) is 2.46. The highest BCUT2D eigenvalue weighted by Gasteiger charge is 2.22. The van der Waals surface area contributed by atoms with Crippen LogP contribution in [0.15, 0.2) is 29.3 Å². The van der Waals surface area contributed by atoms with Crippen LogP contribution in [-0.4, -0.2) is 24.6 Å². The van der Waals surface area contributed by atoms with E-state index in [0.29, 0.717) is 6.42 Å². The van der Waals surface area contributed by atoms with Crippen molar-refractivity contribution in [3.8, 4) is 0 Å². The first-order valence-corrected chi connectivity index (χ1v) is 4.96. The van der Waals surface area contributed by atoms with E-state index in [1.54, 1.807) is 0 Å². The second-order valence-corrected chi connectivity index (χ2v) is 3.54. The van der Waals surface area contributed by atoms with Crippen molar-refractivity contribution in [1.82, 2.24) is 0 Å². The summed E-state index contributed by atoms with van der Waals surface area (Å²) in [5, 5.41) is 0. The van der Waals surface area contributed by atoms with Crippen molar-refractivity contribution >= 4 is 23.2 Å². The van der Waals surface area contributed by atoms with Crippen molar-refractivity contribution in [3.63, 3.8) is 0 Å². The highest BCUT2D eigenvalue weighted by molar-refractivity contribution is 6.44. The normalized spacial score (nSPS) is 14.1. The van der Waals surface area contributed by atoms with Crippen molar-refractivity contribution in [1.29, 1.82) is 0 Å². The van der Waals surface area contributed by atoms with Crippen molar-refractivity contribution in [2.24, 2.45) is 4.99 Å². The number of ketones is 1. The van der Waals surface area contributed by atoms with E-state index in [2.05, 4.69) is 9.73 Å². The maximum absolute atomic E-state index is 11.7. The lowest BCUT2D eigenvalue weighted by Crippen LogP contribution is -2.23. The van der Waals surface area contributed by atoms with Gasteiger partial charge in [0.2, 0.25) is 0 Å². The fourth-order valence-corrected chi connectivity index (χ4v) is 1.60. The SMILES string of the molecule is COC(=O)CC1=Nc2ccccc2CC1=O. The van der Waals surface area contributed by atoms with Gasteiger partial charge in [0.1, 0.15) is 0 Å². The Labute approximate surface area is 92.9 Å². The van der Waals surface area contributed by atoms with Crippen LogP contribution in [0, 0.1) is 0 Å². The molecule has 4 nitrogen and oxygen atoms in total. The first-order chi connectivity index (χ1) is 7.70. The number of hydrogen-bond acceptors (Lipinski definition) is 4. The van der Waals surface area contributed by atoms with Gasteiger partial charge in [0.25, 0.3) is 0 Å². The molecule has 82 valence electrons. The monoisotopic (exact) mass is 217 g/mol. The van der Waals surface area contributed by atoms with Gasteiger partial charge in [-0.25, -0.2) is 4.99 Å². The number of aliphatic imine (C=N–C) groups is 1. The molecule has 0 radical (unpaired) electrons. The van der Waals surface area contributed by atoms with Gasteiger partial charge in [0.05, 0.1) is 24.9 Å². The third-order valence-electron chi connectivity index (χ3n) is 2.46. The molecule has 0 saturated carbocycles. The lowest BCUT2D eigenvalue weighted by Gasteiger charge is -2.13. The fourth-order valence-electron chi connectivity index (χ4n) is 1.60. The van der Waals surface area contributed by atoms with Crippen LogP contribution in [0.1, 0.15) is 12.0 Å². The molecular formula is C12H11NO3. The molecule has 4 heteroatoms. The largest absolute Gasteiger partial charge is 0.469 e. The first kappa shape index (κ1) is 10.5. The van der Waals surface area contributed by atoms with Gasteiger partial charge in [-0.3, -0.25) is 9.59 Å². The highest BCUT2D eigenvalue weighted by Crippen LogP contribution is 2.24. The lowest BCUT2D eigenvalue weighted by atomic mass is 9.99. The molecule has 16 heavy (non-hydrogen) atoms. The Balaban J connectivity index is 2.30. The molecule has 0 aliphatic carbocycles. The average Bonchev–Trinajstić information content (AvgIpc) is 2.30. The molecule has 1 aliphatic heterocycles. The maximum Gasteiger partial charge on any atom is 0.311 e. The number of fused-ring (bicyclic) bond motifs is 1. The van der Waals surface area contributed by atoms with Crippen LogP contribution in [-0.2, 0) is 20.7 Å². The number of benzene rings is 1. The summed E-state index contributed by atoms with van der Waals surface area (Å²) in [7, 11) is 1.30. The number of methoxy groups -OCH3 is 1. The molecule has 1 aliphatic rings. The Morgan fingerprint density at radius 1 is 1.44 bits per heavy atom. The standard InChI is InChI=1S/C12H11NO3/c1-16-12(15)7-10-11(14)6-8-4-2-3-5-9(8)13-10/h2-5H,6-7H2,1H3. The minimum absolute atomic E-state index is 0.0519. The van der Waals surface area contributed by atoms with Crippen LogP contribution in [0.4, 0.5) is 5.69 Å². The minimum atomic E-state index is -0.438. The molecular weight excluding hydrogens is 206 g/mol. The Morgan fingerprint density at radius 3 is 2.94 bits per heavy atom. The number of para-hydroxylation sites is 1. The summed E-state index contributed by atoms with van der Waals surface area (Å²) in [6.45, 7) is 0. The van der Waals surface area contributed by atoms with Crippen LogP contribution >= 0.6 is 0 Å². The van der Waals surface area contributed by atoms with Crippen LogP contribution in [0.5, 0.6) is 0 Å². The molecule has 0 spiro atoms. The molecule has 0 unspecified atom stereocenters. The van der Waals surface area contributed by atoms with E-state index in [0.717, 1.165) is 11.3 Å². The summed E-state index contributed by atoms with van der Waals surface area (Å²) < 4.78 is 4.52. The summed E-state index contributed by atoms with van der Waals surface area (Å²) in [6.07, 6.45) is 0.260. The predicted octanol–water partition coefficient (Wildman–Crippen LogP) is 1.45.